The molecule has 2 amide bonds. The molecule has 1 aliphatic heterocycles. The predicted octanol–water partition coefficient (Wildman–Crippen LogP) is 3.58. The summed E-state index contributed by atoms with van der Waals surface area (Å²) in [4.78, 5) is 40.6. The van der Waals surface area contributed by atoms with Gasteiger partial charge in [0.1, 0.15) is 17.7 Å². The van der Waals surface area contributed by atoms with Crippen LogP contribution in [0.25, 0.3) is 0 Å². The van der Waals surface area contributed by atoms with Crippen LogP contribution in [-0.4, -0.2) is 70.9 Å². The Labute approximate surface area is 168 Å². The summed E-state index contributed by atoms with van der Waals surface area (Å²) in [6, 6.07) is 0. The number of carbonyl (C=O) groups excluding carboxylic acids is 3. The quantitative estimate of drug-likeness (QED) is 0.518. The van der Waals surface area contributed by atoms with Crippen LogP contribution in [0, 0.1) is 0 Å². The van der Waals surface area contributed by atoms with Gasteiger partial charge < -0.3 is 19.1 Å². The van der Waals surface area contributed by atoms with Crippen LogP contribution in [0.2, 0.25) is 0 Å². The van der Waals surface area contributed by atoms with Crippen molar-refractivity contribution in [2.75, 3.05) is 26.2 Å². The molecule has 0 spiro atoms. The Bertz CT molecular complexity index is 578. The highest BCUT2D eigenvalue weighted by Gasteiger charge is 2.48. The molecule has 0 aromatic heterocycles. The van der Waals surface area contributed by atoms with Gasteiger partial charge in [-0.15, -0.1) is 0 Å². The molecular weight excluding hydrogens is 364 g/mol. The van der Waals surface area contributed by atoms with Gasteiger partial charge in [0, 0.05) is 13.1 Å². The van der Waals surface area contributed by atoms with Crippen molar-refractivity contribution >= 4 is 18.2 Å². The number of carbonyl (C=O) groups is 3. The number of rotatable bonds is 5. The molecule has 1 saturated heterocycles. The summed E-state index contributed by atoms with van der Waals surface area (Å²) >= 11 is 0. The molecule has 8 nitrogen and oxygen atoms in total. The first kappa shape index (κ1) is 24.0. The fourth-order valence-corrected chi connectivity index (χ4v) is 3.12. The first-order valence-corrected chi connectivity index (χ1v) is 9.87. The molecule has 0 aliphatic carbocycles. The van der Waals surface area contributed by atoms with Gasteiger partial charge in [-0.2, -0.15) is 0 Å². The Morgan fingerprint density at radius 2 is 1.57 bits per heavy atom. The van der Waals surface area contributed by atoms with Crippen LogP contribution in [-0.2, 0) is 19.0 Å². The summed E-state index contributed by atoms with van der Waals surface area (Å²) < 4.78 is 16.0. The molecule has 0 saturated carbocycles. The fourth-order valence-electron chi connectivity index (χ4n) is 3.12. The van der Waals surface area contributed by atoms with Crippen LogP contribution in [0.1, 0.15) is 68.2 Å². The highest BCUT2D eigenvalue weighted by molar-refractivity contribution is 5.79. The van der Waals surface area contributed by atoms with E-state index in [0.29, 0.717) is 19.4 Å². The number of likely N-dealkylation sites (tertiary alicyclic amines) is 1. The van der Waals surface area contributed by atoms with Gasteiger partial charge in [0.25, 0.3) is 0 Å². The maximum Gasteiger partial charge on any atom is 0.411 e. The van der Waals surface area contributed by atoms with E-state index in [4.69, 9.17) is 14.2 Å². The van der Waals surface area contributed by atoms with Crippen molar-refractivity contribution in [2.45, 2.75) is 85.0 Å². The Morgan fingerprint density at radius 3 is 2.04 bits per heavy atom. The minimum absolute atomic E-state index is 0.223. The van der Waals surface area contributed by atoms with Crippen LogP contribution in [0.15, 0.2) is 0 Å². The number of esters is 1. The molecule has 28 heavy (non-hydrogen) atoms. The van der Waals surface area contributed by atoms with Crippen LogP contribution >= 0.6 is 0 Å². The zero-order valence-electron chi connectivity index (χ0n) is 18.6. The first-order chi connectivity index (χ1) is 12.7. The van der Waals surface area contributed by atoms with Gasteiger partial charge in [-0.05, 0) is 61.3 Å². The fraction of sp³-hybridized carbons (Fsp3) is 0.850. The summed E-state index contributed by atoms with van der Waals surface area (Å²) in [5, 5.41) is 0. The molecule has 1 heterocycles. The first-order valence-electron chi connectivity index (χ1n) is 9.87. The topological polar surface area (TPSA) is 85.4 Å². The van der Waals surface area contributed by atoms with Crippen molar-refractivity contribution in [3.8, 4) is 0 Å². The lowest BCUT2D eigenvalue weighted by atomic mass is 9.93. The Morgan fingerprint density at radius 1 is 1.00 bits per heavy atom. The molecule has 1 rings (SSSR count). The molecule has 0 aromatic carbocycles. The zero-order chi connectivity index (χ0) is 21.8. The third kappa shape index (κ3) is 6.87. The summed E-state index contributed by atoms with van der Waals surface area (Å²) in [5.74, 6) is -0.503. The van der Waals surface area contributed by atoms with Crippen molar-refractivity contribution in [2.24, 2.45) is 0 Å². The molecule has 0 aromatic rings. The third-order valence-corrected chi connectivity index (χ3v) is 4.42. The summed E-state index contributed by atoms with van der Waals surface area (Å²) in [6.45, 7) is 15.1. The molecule has 1 fully saturated rings. The SMILES string of the molecule is CCOC(=O)CN(C(=O)OC(C)(C)C)[C@]1(CC)CCN(C(=O)OC(C)(C)C)C1. The lowest BCUT2D eigenvalue weighted by molar-refractivity contribution is -0.146. The normalized spacial score (nSPS) is 19.9. The van der Waals surface area contributed by atoms with Gasteiger partial charge >= 0.3 is 18.2 Å². The second kappa shape index (κ2) is 9.01. The monoisotopic (exact) mass is 400 g/mol. The molecule has 0 bridgehead atoms. The van der Waals surface area contributed by atoms with E-state index in [1.807, 2.05) is 27.7 Å². The lowest BCUT2D eigenvalue weighted by Gasteiger charge is -2.40. The van der Waals surface area contributed by atoms with E-state index in [1.165, 1.54) is 4.90 Å². The Kier molecular flexibility index (Phi) is 7.74. The Balaban J connectivity index is 3.08. The van der Waals surface area contributed by atoms with E-state index in [0.717, 1.165) is 0 Å². The molecule has 0 unspecified atom stereocenters. The van der Waals surface area contributed by atoms with Gasteiger partial charge in [-0.25, -0.2) is 9.59 Å². The summed E-state index contributed by atoms with van der Waals surface area (Å²) in [7, 11) is 0. The molecule has 1 aliphatic rings. The molecule has 162 valence electrons. The Hall–Kier alpha value is -1.99. The number of nitrogens with zero attached hydrogens (tertiary/aromatic N) is 2. The van der Waals surface area contributed by atoms with E-state index in [-0.39, 0.29) is 19.7 Å². The summed E-state index contributed by atoms with van der Waals surface area (Å²) in [5.41, 5.74) is -2.03. The predicted molar refractivity (Wildman–Crippen MR) is 105 cm³/mol. The maximum absolute atomic E-state index is 12.9. The van der Waals surface area contributed by atoms with Crippen LogP contribution in [0.3, 0.4) is 0 Å². The van der Waals surface area contributed by atoms with Gasteiger partial charge in [0.15, 0.2) is 0 Å². The van der Waals surface area contributed by atoms with Crippen molar-refractivity contribution in [3.63, 3.8) is 0 Å². The zero-order valence-corrected chi connectivity index (χ0v) is 18.6. The average molecular weight is 401 g/mol. The largest absolute Gasteiger partial charge is 0.465 e. The second-order valence-corrected chi connectivity index (χ2v) is 9.10. The van der Waals surface area contributed by atoms with Crippen LogP contribution < -0.4 is 0 Å². The standard InChI is InChI=1S/C20H36N2O6/c1-9-20(11-12-21(14-20)16(24)27-18(3,4)5)22(13-15(23)26-10-2)17(25)28-19(6,7)8/h9-14H2,1-8H3/t20-/m1/s1. The molecule has 0 N–H and O–H groups in total. The van der Waals surface area contributed by atoms with Crippen LogP contribution in [0.5, 0.6) is 0 Å². The average Bonchev–Trinajstić information content (AvgIpc) is 2.95. The van der Waals surface area contributed by atoms with Gasteiger partial charge in [0.2, 0.25) is 0 Å². The van der Waals surface area contributed by atoms with Crippen LogP contribution in [0.4, 0.5) is 9.59 Å². The molecular formula is C20H36N2O6. The lowest BCUT2D eigenvalue weighted by Crippen LogP contribution is -2.56. The number of ether oxygens (including phenoxy) is 3. The van der Waals surface area contributed by atoms with Crippen molar-refractivity contribution in [1.29, 1.82) is 0 Å². The van der Waals surface area contributed by atoms with Gasteiger partial charge in [-0.3, -0.25) is 9.69 Å². The molecule has 1 atom stereocenters. The number of hydrogen-bond acceptors (Lipinski definition) is 6. The van der Waals surface area contributed by atoms with Crippen molar-refractivity contribution < 1.29 is 28.6 Å². The highest BCUT2D eigenvalue weighted by Crippen LogP contribution is 2.33. The maximum atomic E-state index is 12.9. The van der Waals surface area contributed by atoms with E-state index in [1.54, 1.807) is 32.6 Å². The molecule has 0 radical (unpaired) electrons. The van der Waals surface area contributed by atoms with E-state index in [2.05, 4.69) is 0 Å². The molecule has 8 heteroatoms. The van der Waals surface area contributed by atoms with E-state index in [9.17, 15) is 14.4 Å². The minimum atomic E-state index is -0.716. The van der Waals surface area contributed by atoms with Gasteiger partial charge in [0.05, 0.1) is 12.1 Å². The minimum Gasteiger partial charge on any atom is -0.465 e. The summed E-state index contributed by atoms with van der Waals surface area (Å²) in [6.07, 6.45) is 0.0725. The highest BCUT2D eigenvalue weighted by atomic mass is 16.6. The van der Waals surface area contributed by atoms with Crippen molar-refractivity contribution in [3.05, 3.63) is 0 Å². The second-order valence-electron chi connectivity index (χ2n) is 9.10. The third-order valence-electron chi connectivity index (χ3n) is 4.42. The van der Waals surface area contributed by atoms with Crippen molar-refractivity contribution in [1.82, 2.24) is 9.80 Å². The smallest absolute Gasteiger partial charge is 0.411 e. The number of amides is 2. The van der Waals surface area contributed by atoms with E-state index >= 15 is 0 Å². The number of hydrogen-bond donors (Lipinski definition) is 0. The van der Waals surface area contributed by atoms with Gasteiger partial charge in [-0.1, -0.05) is 6.92 Å². The van der Waals surface area contributed by atoms with E-state index < -0.39 is 34.9 Å².